The van der Waals surface area contributed by atoms with Crippen molar-refractivity contribution in [3.63, 3.8) is 0 Å². The first-order valence-electron chi connectivity index (χ1n) is 14.1. The summed E-state index contributed by atoms with van der Waals surface area (Å²) in [6.45, 7) is 6.01. The number of aliphatic hydroxyl groups is 2. The van der Waals surface area contributed by atoms with Crippen LogP contribution in [0.5, 0.6) is 0 Å². The molecule has 3 nitrogen and oxygen atoms in total. The van der Waals surface area contributed by atoms with E-state index < -0.39 is 12.2 Å². The first-order chi connectivity index (χ1) is 16.2. The van der Waals surface area contributed by atoms with Crippen LogP contribution in [0.1, 0.15) is 129 Å². The molecular weight excluding hydrogens is 408 g/mol. The van der Waals surface area contributed by atoms with Crippen molar-refractivity contribution in [3.8, 4) is 0 Å². The Kier molecular flexibility index (Phi) is 19.7. The predicted molar refractivity (Wildman–Crippen MR) is 143 cm³/mol. The predicted octanol–water partition coefficient (Wildman–Crippen LogP) is 8.21. The second kappa shape index (κ2) is 21.6. The first-order valence-corrected chi connectivity index (χ1v) is 14.1. The van der Waals surface area contributed by atoms with Gasteiger partial charge in [-0.25, -0.2) is 0 Å². The highest BCUT2D eigenvalue weighted by molar-refractivity contribution is 4.88. The summed E-state index contributed by atoms with van der Waals surface area (Å²) in [5.74, 6) is 0. The zero-order valence-electron chi connectivity index (χ0n) is 21.6. The Morgan fingerprint density at radius 3 is 1.58 bits per heavy atom. The molecule has 33 heavy (non-hydrogen) atoms. The van der Waals surface area contributed by atoms with Crippen molar-refractivity contribution < 1.29 is 14.9 Å². The summed E-state index contributed by atoms with van der Waals surface area (Å²) in [6.07, 6.45) is 31.3. The van der Waals surface area contributed by atoms with E-state index in [2.05, 4.69) is 37.8 Å². The van der Waals surface area contributed by atoms with Gasteiger partial charge in [0, 0.05) is 0 Å². The third kappa shape index (κ3) is 16.4. The maximum atomic E-state index is 10.5. The average Bonchev–Trinajstić information content (AvgIpc) is 3.32. The van der Waals surface area contributed by atoms with E-state index in [9.17, 15) is 10.2 Å². The van der Waals surface area contributed by atoms with Gasteiger partial charge in [-0.15, -0.1) is 6.58 Å². The lowest BCUT2D eigenvalue weighted by atomic mass is 10.0. The van der Waals surface area contributed by atoms with E-state index in [1.165, 1.54) is 64.2 Å². The number of ether oxygens (including phenoxy) is 1. The molecule has 1 heterocycles. The van der Waals surface area contributed by atoms with Crippen LogP contribution in [-0.2, 0) is 4.74 Å². The molecule has 1 aliphatic heterocycles. The van der Waals surface area contributed by atoms with Gasteiger partial charge in [0.05, 0.1) is 24.4 Å². The van der Waals surface area contributed by atoms with Crippen LogP contribution in [0.4, 0.5) is 0 Å². The summed E-state index contributed by atoms with van der Waals surface area (Å²) in [5, 5.41) is 21.0. The Morgan fingerprint density at radius 1 is 0.667 bits per heavy atom. The molecule has 4 atom stereocenters. The molecule has 1 saturated heterocycles. The number of allylic oxidation sites excluding steroid dienone is 5. The van der Waals surface area contributed by atoms with Gasteiger partial charge in [-0.2, -0.15) is 0 Å². The molecule has 192 valence electrons. The summed E-state index contributed by atoms with van der Waals surface area (Å²) in [5.41, 5.74) is 0. The lowest BCUT2D eigenvalue weighted by Gasteiger charge is -2.21. The molecule has 0 bridgehead atoms. The maximum absolute atomic E-state index is 10.5. The molecule has 0 aromatic carbocycles. The van der Waals surface area contributed by atoms with Crippen LogP contribution < -0.4 is 0 Å². The Morgan fingerprint density at radius 2 is 1.09 bits per heavy atom. The highest BCUT2D eigenvalue weighted by Gasteiger charge is 2.33. The van der Waals surface area contributed by atoms with Gasteiger partial charge in [-0.1, -0.05) is 82.2 Å². The molecular formula is C30H54O3. The van der Waals surface area contributed by atoms with E-state index in [4.69, 9.17) is 4.74 Å². The van der Waals surface area contributed by atoms with Gasteiger partial charge in [0.15, 0.2) is 0 Å². The molecule has 0 saturated carbocycles. The molecule has 0 unspecified atom stereocenters. The van der Waals surface area contributed by atoms with Crippen molar-refractivity contribution in [2.24, 2.45) is 0 Å². The fraction of sp³-hybridized carbons (Fsp3) is 0.800. The molecule has 0 aromatic rings. The van der Waals surface area contributed by atoms with E-state index in [0.29, 0.717) is 0 Å². The minimum absolute atomic E-state index is 0.117. The molecule has 1 fully saturated rings. The van der Waals surface area contributed by atoms with Gasteiger partial charge in [0.2, 0.25) is 0 Å². The monoisotopic (exact) mass is 462 g/mol. The summed E-state index contributed by atoms with van der Waals surface area (Å²) in [4.78, 5) is 0. The van der Waals surface area contributed by atoms with Crippen LogP contribution in [-0.4, -0.2) is 34.6 Å². The maximum Gasteiger partial charge on any atom is 0.0840 e. The SMILES string of the molecule is C=CCCCCCC/C=C/CC[C@@H](O)[C@H]1CC[C@@H]([C@@H](O)CC/C=C/CCCCCCCC)O1. The van der Waals surface area contributed by atoms with E-state index >= 15 is 0 Å². The van der Waals surface area contributed by atoms with E-state index in [0.717, 1.165) is 57.8 Å². The van der Waals surface area contributed by atoms with Gasteiger partial charge in [-0.3, -0.25) is 0 Å². The van der Waals surface area contributed by atoms with Crippen molar-refractivity contribution in [1.82, 2.24) is 0 Å². The smallest absolute Gasteiger partial charge is 0.0840 e. The molecule has 0 radical (unpaired) electrons. The minimum atomic E-state index is -0.428. The molecule has 1 aliphatic rings. The van der Waals surface area contributed by atoms with Gasteiger partial charge in [0.25, 0.3) is 0 Å². The third-order valence-corrected chi connectivity index (χ3v) is 6.79. The summed E-state index contributed by atoms with van der Waals surface area (Å²) < 4.78 is 6.01. The van der Waals surface area contributed by atoms with Crippen molar-refractivity contribution in [3.05, 3.63) is 37.0 Å². The second-order valence-corrected chi connectivity index (χ2v) is 9.86. The van der Waals surface area contributed by atoms with E-state index in [1.807, 2.05) is 6.08 Å². The van der Waals surface area contributed by atoms with Gasteiger partial charge < -0.3 is 14.9 Å². The van der Waals surface area contributed by atoms with Gasteiger partial charge in [0.1, 0.15) is 0 Å². The average molecular weight is 463 g/mol. The van der Waals surface area contributed by atoms with Gasteiger partial charge >= 0.3 is 0 Å². The minimum Gasteiger partial charge on any atom is -0.390 e. The van der Waals surface area contributed by atoms with Crippen molar-refractivity contribution in [2.45, 2.75) is 153 Å². The number of aliphatic hydroxyl groups excluding tert-OH is 2. The molecule has 1 rings (SSSR count). The summed E-state index contributed by atoms with van der Waals surface area (Å²) >= 11 is 0. The van der Waals surface area contributed by atoms with Crippen LogP contribution in [0, 0.1) is 0 Å². The zero-order chi connectivity index (χ0) is 24.0. The highest BCUT2D eigenvalue weighted by Crippen LogP contribution is 2.27. The molecule has 0 amide bonds. The molecule has 3 heteroatoms. The van der Waals surface area contributed by atoms with E-state index in [1.54, 1.807) is 0 Å². The second-order valence-electron chi connectivity index (χ2n) is 9.86. The van der Waals surface area contributed by atoms with Gasteiger partial charge in [-0.05, 0) is 77.0 Å². The topological polar surface area (TPSA) is 49.7 Å². The zero-order valence-corrected chi connectivity index (χ0v) is 21.6. The quantitative estimate of drug-likeness (QED) is 0.126. The van der Waals surface area contributed by atoms with E-state index in [-0.39, 0.29) is 12.2 Å². The molecule has 2 N–H and O–H groups in total. The standard InChI is InChI=1S/C30H54O3/c1-3-5-7-9-11-13-15-17-19-21-23-27(31)29-25-26-30(33-29)28(32)24-22-20-18-16-14-12-10-8-6-4-2/h3,17-20,27-32H,1,4-16,21-26H2,2H3/b19-17+,20-18+/t27-,28+,29-,30+/m1/s1. The summed E-state index contributed by atoms with van der Waals surface area (Å²) in [7, 11) is 0. The van der Waals surface area contributed by atoms with Crippen LogP contribution in [0.15, 0.2) is 37.0 Å². The molecule has 0 aliphatic carbocycles. The van der Waals surface area contributed by atoms with Crippen LogP contribution >= 0.6 is 0 Å². The van der Waals surface area contributed by atoms with Crippen LogP contribution in [0.2, 0.25) is 0 Å². The Bertz CT molecular complexity index is 499. The number of hydrogen-bond donors (Lipinski definition) is 2. The number of rotatable bonds is 22. The fourth-order valence-corrected chi connectivity index (χ4v) is 4.58. The van der Waals surface area contributed by atoms with Crippen LogP contribution in [0.25, 0.3) is 0 Å². The van der Waals surface area contributed by atoms with Crippen molar-refractivity contribution in [1.29, 1.82) is 0 Å². The lowest BCUT2D eigenvalue weighted by Crippen LogP contribution is -2.30. The number of unbranched alkanes of at least 4 members (excludes halogenated alkanes) is 11. The Hall–Kier alpha value is -0.900. The third-order valence-electron chi connectivity index (χ3n) is 6.79. The van der Waals surface area contributed by atoms with Crippen molar-refractivity contribution in [2.75, 3.05) is 0 Å². The summed E-state index contributed by atoms with van der Waals surface area (Å²) in [6, 6.07) is 0. The highest BCUT2D eigenvalue weighted by atomic mass is 16.5. The Labute approximate surface area is 205 Å². The van der Waals surface area contributed by atoms with Crippen molar-refractivity contribution >= 4 is 0 Å². The largest absolute Gasteiger partial charge is 0.390 e. The fourth-order valence-electron chi connectivity index (χ4n) is 4.58. The van der Waals surface area contributed by atoms with Crippen LogP contribution in [0.3, 0.4) is 0 Å². The normalized spacial score (nSPS) is 20.7. The lowest BCUT2D eigenvalue weighted by molar-refractivity contribution is -0.0772. The molecule has 0 aromatic heterocycles. The first kappa shape index (κ1) is 30.1. The Balaban J connectivity index is 2.04. The molecule has 0 spiro atoms. The number of hydrogen-bond acceptors (Lipinski definition) is 3.